The van der Waals surface area contributed by atoms with E-state index in [1.165, 1.54) is 0 Å². The van der Waals surface area contributed by atoms with Gasteiger partial charge < -0.3 is 5.11 Å². The van der Waals surface area contributed by atoms with Crippen molar-refractivity contribution in [2.24, 2.45) is 0 Å². The molecule has 0 aliphatic carbocycles. The van der Waals surface area contributed by atoms with Crippen LogP contribution in [-0.2, 0) is 11.3 Å². The van der Waals surface area contributed by atoms with Crippen molar-refractivity contribution in [3.8, 4) is 0 Å². The van der Waals surface area contributed by atoms with Crippen LogP contribution in [0.1, 0.15) is 32.1 Å². The summed E-state index contributed by atoms with van der Waals surface area (Å²) in [5, 5.41) is 12.8. The Morgan fingerprint density at radius 3 is 2.19 bits per heavy atom. The van der Waals surface area contributed by atoms with Crippen LogP contribution in [0.4, 0.5) is 0 Å². The summed E-state index contributed by atoms with van der Waals surface area (Å²) < 4.78 is 1.09. The summed E-state index contributed by atoms with van der Waals surface area (Å²) in [5.41, 5.74) is -0.869. The van der Waals surface area contributed by atoms with Gasteiger partial charge in [0.05, 0.1) is 0 Å². The van der Waals surface area contributed by atoms with Gasteiger partial charge in [-0.2, -0.15) is 0 Å². The maximum absolute atomic E-state index is 11.0. The van der Waals surface area contributed by atoms with E-state index in [1.807, 2.05) is 0 Å². The van der Waals surface area contributed by atoms with Gasteiger partial charge in [0.25, 0.3) is 0 Å². The fourth-order valence-electron chi connectivity index (χ4n) is 1.44. The molecule has 0 aliphatic heterocycles. The van der Waals surface area contributed by atoms with Crippen molar-refractivity contribution >= 4 is 5.97 Å². The molecule has 1 rings (SSSR count). The Balaban J connectivity index is 2.19. The second-order valence-corrected chi connectivity index (χ2v) is 3.57. The minimum Gasteiger partial charge on any atom is -0.481 e. The van der Waals surface area contributed by atoms with Crippen molar-refractivity contribution in [3.05, 3.63) is 21.0 Å². The molecule has 7 nitrogen and oxygen atoms in total. The molecule has 3 N–H and O–H groups in total. The molecule has 1 aromatic heterocycles. The summed E-state index contributed by atoms with van der Waals surface area (Å²) in [6.45, 7) is 0.366. The lowest BCUT2D eigenvalue weighted by molar-refractivity contribution is -0.137. The van der Waals surface area contributed by atoms with Crippen molar-refractivity contribution < 1.29 is 9.90 Å². The van der Waals surface area contributed by atoms with Crippen LogP contribution >= 0.6 is 0 Å². The molecule has 1 aromatic rings. The number of H-pyrrole nitrogens is 2. The Morgan fingerprint density at radius 1 is 1.06 bits per heavy atom. The van der Waals surface area contributed by atoms with Crippen LogP contribution in [0, 0.1) is 0 Å². The van der Waals surface area contributed by atoms with E-state index in [9.17, 15) is 14.4 Å². The van der Waals surface area contributed by atoms with Crippen LogP contribution in [0.15, 0.2) is 9.59 Å². The molecule has 1 heterocycles. The number of aliphatic carboxylic acids is 1. The zero-order chi connectivity index (χ0) is 12.0. The van der Waals surface area contributed by atoms with Crippen molar-refractivity contribution in [1.82, 2.24) is 14.8 Å². The fraction of sp³-hybridized carbons (Fsp3) is 0.667. The van der Waals surface area contributed by atoms with Gasteiger partial charge >= 0.3 is 17.3 Å². The first kappa shape index (κ1) is 12.3. The molecule has 0 bridgehead atoms. The number of carbonyl (C=O) groups is 1. The van der Waals surface area contributed by atoms with Gasteiger partial charge in [-0.1, -0.05) is 12.8 Å². The Labute approximate surface area is 91.1 Å². The van der Waals surface area contributed by atoms with Crippen molar-refractivity contribution in [2.75, 3.05) is 0 Å². The van der Waals surface area contributed by atoms with Gasteiger partial charge in [-0.05, 0) is 12.8 Å². The third kappa shape index (κ3) is 3.76. The third-order valence-corrected chi connectivity index (χ3v) is 2.29. The number of carboxylic acids is 1. The highest BCUT2D eigenvalue weighted by molar-refractivity contribution is 5.66. The van der Waals surface area contributed by atoms with Gasteiger partial charge in [0.2, 0.25) is 0 Å². The normalized spacial score (nSPS) is 10.5. The monoisotopic (exact) mass is 229 g/mol. The van der Waals surface area contributed by atoms with E-state index < -0.39 is 17.3 Å². The number of hydrogen-bond acceptors (Lipinski definition) is 3. The number of carboxylic acid groups (broad SMARTS) is 1. The molecule has 0 aliphatic rings. The first-order valence-electron chi connectivity index (χ1n) is 5.20. The topological polar surface area (TPSA) is 108 Å². The first-order valence-corrected chi connectivity index (χ1v) is 5.20. The number of hydrogen-bond donors (Lipinski definition) is 3. The van der Waals surface area contributed by atoms with Crippen LogP contribution < -0.4 is 11.4 Å². The second kappa shape index (κ2) is 5.94. The molecule has 0 saturated carbocycles. The smallest absolute Gasteiger partial charge is 0.344 e. The van der Waals surface area contributed by atoms with E-state index in [2.05, 4.69) is 10.2 Å². The highest BCUT2D eigenvalue weighted by atomic mass is 16.4. The van der Waals surface area contributed by atoms with Crippen LogP contribution in [0.25, 0.3) is 0 Å². The Hall–Kier alpha value is -1.79. The molecule has 90 valence electrons. The van der Waals surface area contributed by atoms with E-state index in [0.717, 1.165) is 17.4 Å². The highest BCUT2D eigenvalue weighted by Crippen LogP contribution is 2.03. The maximum atomic E-state index is 11.0. The summed E-state index contributed by atoms with van der Waals surface area (Å²) in [5.74, 6) is -0.793. The quantitative estimate of drug-likeness (QED) is 0.567. The zero-order valence-corrected chi connectivity index (χ0v) is 8.86. The van der Waals surface area contributed by atoms with Crippen LogP contribution in [0.5, 0.6) is 0 Å². The lowest BCUT2D eigenvalue weighted by Gasteiger charge is -1.99. The lowest BCUT2D eigenvalue weighted by Crippen LogP contribution is -2.26. The molecule has 0 saturated heterocycles. The number of unbranched alkanes of at least 4 members (excludes halogenated alkanes) is 3. The molecule has 0 unspecified atom stereocenters. The van der Waals surface area contributed by atoms with E-state index in [-0.39, 0.29) is 6.42 Å². The summed E-state index contributed by atoms with van der Waals surface area (Å²) in [4.78, 5) is 32.3. The molecule has 7 heteroatoms. The average molecular weight is 229 g/mol. The molecule has 0 amide bonds. The molecule has 0 radical (unpaired) electrons. The SMILES string of the molecule is O=C(O)CCCCCCn1c(=O)[nH][nH]c1=O. The standard InChI is InChI=1S/C9H15N3O4/c13-7(14)5-3-1-2-4-6-12-8(15)10-11-9(12)16/h1-6H2,(H,10,15)(H,11,16)(H,13,14). The maximum Gasteiger partial charge on any atom is 0.344 e. The van der Waals surface area contributed by atoms with Gasteiger partial charge in [0.1, 0.15) is 0 Å². The summed E-state index contributed by atoms with van der Waals surface area (Å²) in [7, 11) is 0. The summed E-state index contributed by atoms with van der Waals surface area (Å²) in [6.07, 6.45) is 3.10. The third-order valence-electron chi connectivity index (χ3n) is 2.29. The van der Waals surface area contributed by atoms with E-state index in [0.29, 0.717) is 19.4 Å². The largest absolute Gasteiger partial charge is 0.481 e. The molecule has 0 fully saturated rings. The molecule has 0 atom stereocenters. The van der Waals surface area contributed by atoms with Crippen LogP contribution in [0.2, 0.25) is 0 Å². The molecule has 0 aromatic carbocycles. The Bertz CT molecular complexity index is 415. The van der Waals surface area contributed by atoms with Gasteiger partial charge in [-0.25, -0.2) is 24.4 Å². The minimum absolute atomic E-state index is 0.171. The van der Waals surface area contributed by atoms with E-state index in [1.54, 1.807) is 0 Å². The summed E-state index contributed by atoms with van der Waals surface area (Å²) in [6, 6.07) is 0. The lowest BCUT2D eigenvalue weighted by atomic mass is 10.1. The number of aromatic amines is 2. The van der Waals surface area contributed by atoms with Gasteiger partial charge in [0, 0.05) is 13.0 Å². The van der Waals surface area contributed by atoms with Crippen molar-refractivity contribution in [2.45, 2.75) is 38.6 Å². The van der Waals surface area contributed by atoms with E-state index >= 15 is 0 Å². The second-order valence-electron chi connectivity index (χ2n) is 3.57. The van der Waals surface area contributed by atoms with Crippen LogP contribution in [-0.4, -0.2) is 25.8 Å². The molecule has 16 heavy (non-hydrogen) atoms. The molecule has 0 spiro atoms. The number of rotatable bonds is 7. The van der Waals surface area contributed by atoms with Gasteiger partial charge in [-0.3, -0.25) is 4.79 Å². The number of nitrogens with one attached hydrogen (secondary N) is 2. The molecular weight excluding hydrogens is 214 g/mol. The molecular formula is C9H15N3O4. The number of nitrogens with zero attached hydrogens (tertiary/aromatic N) is 1. The fourth-order valence-corrected chi connectivity index (χ4v) is 1.44. The Morgan fingerprint density at radius 2 is 1.62 bits per heavy atom. The average Bonchev–Trinajstić information content (AvgIpc) is 2.53. The minimum atomic E-state index is -0.793. The zero-order valence-electron chi connectivity index (χ0n) is 8.86. The highest BCUT2D eigenvalue weighted by Gasteiger charge is 2.02. The van der Waals surface area contributed by atoms with Crippen LogP contribution in [0.3, 0.4) is 0 Å². The van der Waals surface area contributed by atoms with E-state index in [4.69, 9.17) is 5.11 Å². The Kier molecular flexibility index (Phi) is 4.56. The predicted molar refractivity (Wildman–Crippen MR) is 56.4 cm³/mol. The summed E-state index contributed by atoms with van der Waals surface area (Å²) >= 11 is 0. The predicted octanol–water partition coefficient (Wildman–Crippen LogP) is -0.100. The van der Waals surface area contributed by atoms with Gasteiger partial charge in [-0.15, -0.1) is 0 Å². The van der Waals surface area contributed by atoms with Crippen molar-refractivity contribution in [3.63, 3.8) is 0 Å². The first-order chi connectivity index (χ1) is 7.61. The number of aromatic nitrogens is 3. The van der Waals surface area contributed by atoms with Crippen molar-refractivity contribution in [1.29, 1.82) is 0 Å². The van der Waals surface area contributed by atoms with Gasteiger partial charge in [0.15, 0.2) is 0 Å².